The topological polar surface area (TPSA) is 93.4 Å². The molecule has 0 radical (unpaired) electrons. The Morgan fingerprint density at radius 2 is 2.33 bits per heavy atom. The van der Waals surface area contributed by atoms with Crippen LogP contribution in [0, 0.1) is 0 Å². The lowest BCUT2D eigenvalue weighted by Gasteiger charge is -2.35. The smallest absolute Gasteiger partial charge is 0.245 e. The van der Waals surface area contributed by atoms with Crippen LogP contribution >= 0.6 is 11.8 Å². The molecule has 3 rings (SSSR count). The fraction of sp³-hybridized carbons (Fsp3) is 0.615. The first-order chi connectivity index (χ1) is 10.2. The van der Waals surface area contributed by atoms with Gasteiger partial charge in [-0.25, -0.2) is 9.97 Å². The summed E-state index contributed by atoms with van der Waals surface area (Å²) >= 11 is 1.43. The molecule has 114 valence electrons. The summed E-state index contributed by atoms with van der Waals surface area (Å²) in [5.41, 5.74) is 5.83. The number of rotatable bonds is 4. The summed E-state index contributed by atoms with van der Waals surface area (Å²) in [5, 5.41) is 3.64. The molecular weight excluding hydrogens is 290 g/mol. The van der Waals surface area contributed by atoms with Gasteiger partial charge >= 0.3 is 0 Å². The lowest BCUT2D eigenvalue weighted by atomic mass is 10.2. The fourth-order valence-electron chi connectivity index (χ4n) is 2.29. The Bertz CT molecular complexity index is 537. The minimum absolute atomic E-state index is 0.0000789. The predicted molar refractivity (Wildman–Crippen MR) is 81.3 cm³/mol. The zero-order valence-electron chi connectivity index (χ0n) is 11.9. The molecule has 8 heteroatoms. The van der Waals surface area contributed by atoms with Gasteiger partial charge in [0.1, 0.15) is 17.7 Å². The first-order valence-electron chi connectivity index (χ1n) is 7.00. The van der Waals surface area contributed by atoms with Crippen LogP contribution in [0.15, 0.2) is 11.2 Å². The van der Waals surface area contributed by atoms with Crippen LogP contribution in [0.4, 0.5) is 11.6 Å². The number of nitrogen functional groups attached to an aromatic ring is 1. The number of hydrogen-bond acceptors (Lipinski definition) is 7. The van der Waals surface area contributed by atoms with E-state index in [1.54, 1.807) is 6.07 Å². The van der Waals surface area contributed by atoms with Crippen LogP contribution in [-0.4, -0.2) is 54.0 Å². The van der Waals surface area contributed by atoms with Gasteiger partial charge in [0.2, 0.25) is 5.91 Å². The predicted octanol–water partition coefficient (Wildman–Crippen LogP) is 0.265. The minimum atomic E-state index is -0.358. The number of morpholine rings is 1. The van der Waals surface area contributed by atoms with Gasteiger partial charge < -0.3 is 20.7 Å². The molecular formula is C13H19N5O2S. The van der Waals surface area contributed by atoms with E-state index in [1.165, 1.54) is 11.8 Å². The van der Waals surface area contributed by atoms with E-state index in [-0.39, 0.29) is 11.9 Å². The van der Waals surface area contributed by atoms with Gasteiger partial charge in [0, 0.05) is 18.7 Å². The Labute approximate surface area is 127 Å². The molecule has 2 fully saturated rings. The number of aromatic nitrogens is 2. The molecule has 1 saturated carbocycles. The molecule has 0 bridgehead atoms. The molecule has 1 aromatic rings. The first kappa shape index (κ1) is 14.4. The lowest BCUT2D eigenvalue weighted by molar-refractivity contribution is -0.124. The summed E-state index contributed by atoms with van der Waals surface area (Å²) in [7, 11) is 0. The number of nitrogens with one attached hydrogen (secondary N) is 1. The summed E-state index contributed by atoms with van der Waals surface area (Å²) in [6.45, 7) is 1.57. The van der Waals surface area contributed by atoms with Crippen molar-refractivity contribution in [1.29, 1.82) is 0 Å². The van der Waals surface area contributed by atoms with Crippen molar-refractivity contribution in [3.05, 3.63) is 6.07 Å². The molecule has 1 aliphatic heterocycles. The zero-order chi connectivity index (χ0) is 14.8. The van der Waals surface area contributed by atoms with Gasteiger partial charge in [-0.1, -0.05) is 11.8 Å². The van der Waals surface area contributed by atoms with Crippen molar-refractivity contribution in [3.63, 3.8) is 0 Å². The van der Waals surface area contributed by atoms with Crippen molar-refractivity contribution in [2.75, 3.05) is 36.6 Å². The molecule has 0 spiro atoms. The van der Waals surface area contributed by atoms with E-state index >= 15 is 0 Å². The van der Waals surface area contributed by atoms with E-state index in [4.69, 9.17) is 10.5 Å². The molecule has 1 aliphatic carbocycles. The highest BCUT2D eigenvalue weighted by Crippen LogP contribution is 2.24. The summed E-state index contributed by atoms with van der Waals surface area (Å²) in [5.74, 6) is 1.10. The second-order valence-corrected chi connectivity index (χ2v) is 5.98. The molecule has 1 atom stereocenters. The van der Waals surface area contributed by atoms with Gasteiger partial charge in [-0.05, 0) is 19.1 Å². The second kappa shape index (κ2) is 6.07. The van der Waals surface area contributed by atoms with E-state index in [1.807, 2.05) is 11.2 Å². The van der Waals surface area contributed by atoms with Gasteiger partial charge in [0.05, 0.1) is 13.2 Å². The first-order valence-corrected chi connectivity index (χ1v) is 8.23. The van der Waals surface area contributed by atoms with Gasteiger partial charge in [0.15, 0.2) is 5.16 Å². The normalized spacial score (nSPS) is 22.1. The molecule has 0 aromatic carbocycles. The van der Waals surface area contributed by atoms with Crippen LogP contribution in [0.3, 0.4) is 0 Å². The highest BCUT2D eigenvalue weighted by atomic mass is 32.2. The quantitative estimate of drug-likeness (QED) is 0.609. The molecule has 2 aliphatic rings. The molecule has 1 amide bonds. The van der Waals surface area contributed by atoms with Gasteiger partial charge in [-0.2, -0.15) is 0 Å². The number of anilines is 2. The number of carbonyl (C=O) groups is 1. The molecule has 2 heterocycles. The average molecular weight is 309 g/mol. The zero-order valence-corrected chi connectivity index (χ0v) is 12.7. The molecule has 1 unspecified atom stereocenters. The number of carbonyl (C=O) groups excluding carboxylic acids is 1. The van der Waals surface area contributed by atoms with Crippen molar-refractivity contribution in [3.8, 4) is 0 Å². The molecule has 3 N–H and O–H groups in total. The van der Waals surface area contributed by atoms with E-state index in [9.17, 15) is 4.79 Å². The van der Waals surface area contributed by atoms with E-state index in [0.717, 1.165) is 12.8 Å². The average Bonchev–Trinajstić information content (AvgIpc) is 3.30. The molecule has 1 saturated heterocycles. The van der Waals surface area contributed by atoms with Gasteiger partial charge in [-0.15, -0.1) is 0 Å². The second-order valence-electron chi connectivity index (χ2n) is 5.20. The summed E-state index contributed by atoms with van der Waals surface area (Å²) in [4.78, 5) is 22.9. The molecule has 1 aromatic heterocycles. The highest BCUT2D eigenvalue weighted by molar-refractivity contribution is 7.98. The lowest BCUT2D eigenvalue weighted by Crippen LogP contribution is -2.54. The fourth-order valence-corrected chi connectivity index (χ4v) is 2.67. The van der Waals surface area contributed by atoms with Gasteiger partial charge in [-0.3, -0.25) is 4.79 Å². The third-order valence-electron chi connectivity index (χ3n) is 3.54. The SMILES string of the molecule is CSc1nc(N)cc(N2CCOCC2C(=O)NC2CC2)n1. The van der Waals surface area contributed by atoms with Crippen molar-refractivity contribution in [1.82, 2.24) is 15.3 Å². The largest absolute Gasteiger partial charge is 0.383 e. The Balaban J connectivity index is 1.82. The number of ether oxygens (including phenoxy) is 1. The maximum atomic E-state index is 12.4. The maximum Gasteiger partial charge on any atom is 0.245 e. The van der Waals surface area contributed by atoms with E-state index < -0.39 is 0 Å². The molecule has 21 heavy (non-hydrogen) atoms. The van der Waals surface area contributed by atoms with Crippen molar-refractivity contribution in [2.24, 2.45) is 0 Å². The number of nitrogens with two attached hydrogens (primary N) is 1. The van der Waals surface area contributed by atoms with Gasteiger partial charge in [0.25, 0.3) is 0 Å². The third-order valence-corrected chi connectivity index (χ3v) is 4.09. The third kappa shape index (κ3) is 3.38. The van der Waals surface area contributed by atoms with Crippen LogP contribution in [0.25, 0.3) is 0 Å². The number of thioether (sulfide) groups is 1. The maximum absolute atomic E-state index is 12.4. The van der Waals surface area contributed by atoms with E-state index in [2.05, 4.69) is 15.3 Å². The standard InChI is InChI=1S/C13H19N5O2S/c1-21-13-16-10(14)6-11(17-13)18-4-5-20-7-9(18)12(19)15-8-2-3-8/h6,8-9H,2-5,7H2,1H3,(H,15,19)(H2,14,16,17). The minimum Gasteiger partial charge on any atom is -0.383 e. The molecule has 7 nitrogen and oxygen atoms in total. The summed E-state index contributed by atoms with van der Waals surface area (Å²) in [6, 6.07) is 1.68. The van der Waals surface area contributed by atoms with Crippen LogP contribution < -0.4 is 16.0 Å². The Morgan fingerprint density at radius 3 is 3.05 bits per heavy atom. The Hall–Kier alpha value is -1.54. The summed E-state index contributed by atoms with van der Waals surface area (Å²) < 4.78 is 5.46. The monoisotopic (exact) mass is 309 g/mol. The number of amides is 1. The van der Waals surface area contributed by atoms with Crippen LogP contribution in [0.1, 0.15) is 12.8 Å². The van der Waals surface area contributed by atoms with Crippen molar-refractivity contribution >= 4 is 29.3 Å². The highest BCUT2D eigenvalue weighted by Gasteiger charge is 2.34. The number of hydrogen-bond donors (Lipinski definition) is 2. The van der Waals surface area contributed by atoms with Crippen molar-refractivity contribution in [2.45, 2.75) is 30.1 Å². The summed E-state index contributed by atoms with van der Waals surface area (Å²) in [6.07, 6.45) is 4.03. The van der Waals surface area contributed by atoms with Crippen molar-refractivity contribution < 1.29 is 9.53 Å². The van der Waals surface area contributed by atoms with Crippen LogP contribution in [0.5, 0.6) is 0 Å². The Morgan fingerprint density at radius 1 is 1.52 bits per heavy atom. The van der Waals surface area contributed by atoms with Crippen LogP contribution in [-0.2, 0) is 9.53 Å². The Kier molecular flexibility index (Phi) is 4.16. The van der Waals surface area contributed by atoms with Crippen LogP contribution in [0.2, 0.25) is 0 Å². The number of nitrogens with zero attached hydrogens (tertiary/aromatic N) is 3. The van der Waals surface area contributed by atoms with E-state index in [0.29, 0.717) is 42.6 Å².